The molecule has 3 nitrogen and oxygen atoms in total. The SMILES string of the molecule is O=C1Cn2ccc3cc(CBr)cc(c32)N1. The first kappa shape index (κ1) is 8.97. The van der Waals surface area contributed by atoms with Gasteiger partial charge in [-0.1, -0.05) is 15.9 Å². The standard InChI is InChI=1S/C11H9BrN2O/c12-5-7-3-8-1-2-14-6-10(15)13-9(4-7)11(8)14/h1-4H,5-6H2,(H,13,15). The molecule has 1 aliphatic heterocycles. The Kier molecular flexibility index (Phi) is 1.85. The average Bonchev–Trinajstić information content (AvgIpc) is 2.62. The van der Waals surface area contributed by atoms with E-state index in [0.717, 1.165) is 16.5 Å². The maximum Gasteiger partial charge on any atom is 0.244 e. The van der Waals surface area contributed by atoms with Crippen molar-refractivity contribution in [3.63, 3.8) is 0 Å². The lowest BCUT2D eigenvalue weighted by molar-refractivity contribution is -0.116. The second-order valence-electron chi connectivity index (χ2n) is 3.71. The number of hydrogen-bond donors (Lipinski definition) is 1. The highest BCUT2D eigenvalue weighted by molar-refractivity contribution is 9.08. The van der Waals surface area contributed by atoms with Gasteiger partial charge in [0, 0.05) is 16.9 Å². The van der Waals surface area contributed by atoms with Gasteiger partial charge in [-0.05, 0) is 23.8 Å². The number of nitrogens with zero attached hydrogens (tertiary/aromatic N) is 1. The molecule has 1 aromatic heterocycles. The van der Waals surface area contributed by atoms with E-state index in [0.29, 0.717) is 6.54 Å². The van der Waals surface area contributed by atoms with Crippen LogP contribution < -0.4 is 5.32 Å². The Balaban J connectivity index is 2.35. The summed E-state index contributed by atoms with van der Waals surface area (Å²) in [7, 11) is 0. The number of carbonyl (C=O) groups excluding carboxylic acids is 1. The topological polar surface area (TPSA) is 34.0 Å². The lowest BCUT2D eigenvalue weighted by Gasteiger charge is -2.17. The van der Waals surface area contributed by atoms with Gasteiger partial charge in [-0.2, -0.15) is 0 Å². The first-order valence-electron chi connectivity index (χ1n) is 4.75. The minimum absolute atomic E-state index is 0.0479. The van der Waals surface area contributed by atoms with Crippen LogP contribution in [0.4, 0.5) is 5.69 Å². The molecule has 0 atom stereocenters. The Morgan fingerprint density at radius 3 is 3.13 bits per heavy atom. The number of rotatable bonds is 1. The van der Waals surface area contributed by atoms with Gasteiger partial charge in [0.25, 0.3) is 0 Å². The molecule has 15 heavy (non-hydrogen) atoms. The van der Waals surface area contributed by atoms with Crippen LogP contribution in [0.5, 0.6) is 0 Å². The van der Waals surface area contributed by atoms with Crippen LogP contribution >= 0.6 is 15.9 Å². The summed E-state index contributed by atoms with van der Waals surface area (Å²) in [6, 6.07) is 6.21. The number of carbonyl (C=O) groups is 1. The van der Waals surface area contributed by atoms with Crippen LogP contribution in [0.15, 0.2) is 24.4 Å². The van der Waals surface area contributed by atoms with E-state index in [4.69, 9.17) is 0 Å². The summed E-state index contributed by atoms with van der Waals surface area (Å²) in [5.74, 6) is 0.0479. The second kappa shape index (κ2) is 3.10. The molecule has 2 aromatic rings. The molecule has 0 radical (unpaired) electrons. The fourth-order valence-corrected chi connectivity index (χ4v) is 2.38. The third kappa shape index (κ3) is 1.28. The van der Waals surface area contributed by atoms with Crippen LogP contribution in [-0.4, -0.2) is 10.5 Å². The lowest BCUT2D eigenvalue weighted by Crippen LogP contribution is -2.23. The summed E-state index contributed by atoms with van der Waals surface area (Å²) in [6.07, 6.45) is 1.96. The average molecular weight is 265 g/mol. The minimum atomic E-state index is 0.0479. The van der Waals surface area contributed by atoms with E-state index in [9.17, 15) is 4.79 Å². The predicted octanol–water partition coefficient (Wildman–Crippen LogP) is 2.49. The molecular formula is C11H9BrN2O. The summed E-state index contributed by atoms with van der Waals surface area (Å²) in [6.45, 7) is 0.421. The highest BCUT2D eigenvalue weighted by atomic mass is 79.9. The van der Waals surface area contributed by atoms with Gasteiger partial charge in [-0.3, -0.25) is 4.79 Å². The zero-order valence-electron chi connectivity index (χ0n) is 7.96. The van der Waals surface area contributed by atoms with Crippen LogP contribution in [0.25, 0.3) is 10.9 Å². The van der Waals surface area contributed by atoms with Gasteiger partial charge in [0.2, 0.25) is 5.91 Å². The van der Waals surface area contributed by atoms with Crippen molar-refractivity contribution in [3.05, 3.63) is 30.0 Å². The molecule has 0 bridgehead atoms. The third-order valence-corrected chi connectivity index (χ3v) is 3.31. The van der Waals surface area contributed by atoms with Crippen molar-refractivity contribution in [3.8, 4) is 0 Å². The van der Waals surface area contributed by atoms with Crippen molar-refractivity contribution in [1.82, 2.24) is 4.57 Å². The van der Waals surface area contributed by atoms with Gasteiger partial charge in [0.15, 0.2) is 0 Å². The molecule has 0 saturated carbocycles. The molecule has 2 heterocycles. The van der Waals surface area contributed by atoms with Crippen LogP contribution in [0.2, 0.25) is 0 Å². The van der Waals surface area contributed by atoms with E-state index in [1.54, 1.807) is 0 Å². The number of aromatic nitrogens is 1. The number of alkyl halides is 1. The molecule has 0 aliphatic carbocycles. The van der Waals surface area contributed by atoms with E-state index in [-0.39, 0.29) is 5.91 Å². The Hall–Kier alpha value is -1.29. The van der Waals surface area contributed by atoms with Gasteiger partial charge in [0.1, 0.15) is 6.54 Å². The smallest absolute Gasteiger partial charge is 0.244 e. The second-order valence-corrected chi connectivity index (χ2v) is 4.27. The van der Waals surface area contributed by atoms with Crippen LogP contribution in [0, 0.1) is 0 Å². The molecule has 1 N–H and O–H groups in total. The Bertz CT molecular complexity index is 559. The van der Waals surface area contributed by atoms with E-state index in [1.165, 1.54) is 10.9 Å². The van der Waals surface area contributed by atoms with E-state index < -0.39 is 0 Å². The van der Waals surface area contributed by atoms with Crippen LogP contribution in [0.3, 0.4) is 0 Å². The van der Waals surface area contributed by atoms with Gasteiger partial charge in [0.05, 0.1) is 11.2 Å². The van der Waals surface area contributed by atoms with E-state index in [2.05, 4.69) is 27.3 Å². The number of nitrogens with one attached hydrogen (secondary N) is 1. The van der Waals surface area contributed by atoms with Gasteiger partial charge in [-0.15, -0.1) is 0 Å². The summed E-state index contributed by atoms with van der Waals surface area (Å²) >= 11 is 3.43. The number of hydrogen-bond acceptors (Lipinski definition) is 1. The lowest BCUT2D eigenvalue weighted by atomic mass is 10.1. The molecule has 1 aromatic carbocycles. The molecular weight excluding hydrogens is 256 g/mol. The molecule has 0 unspecified atom stereocenters. The first-order chi connectivity index (χ1) is 7.28. The number of amides is 1. The summed E-state index contributed by atoms with van der Waals surface area (Å²) in [5.41, 5.74) is 3.22. The maximum absolute atomic E-state index is 11.4. The fourth-order valence-electron chi connectivity index (χ4n) is 2.06. The monoisotopic (exact) mass is 264 g/mol. The van der Waals surface area contributed by atoms with Crippen LogP contribution in [-0.2, 0) is 16.7 Å². The largest absolute Gasteiger partial charge is 0.336 e. The van der Waals surface area contributed by atoms with Gasteiger partial charge >= 0.3 is 0 Å². The molecule has 1 aliphatic rings. The van der Waals surface area contributed by atoms with Gasteiger partial charge in [-0.25, -0.2) is 0 Å². The van der Waals surface area contributed by atoms with Crippen molar-refractivity contribution in [2.24, 2.45) is 0 Å². The highest BCUT2D eigenvalue weighted by Gasteiger charge is 2.17. The van der Waals surface area contributed by atoms with Crippen molar-refractivity contribution in [1.29, 1.82) is 0 Å². The minimum Gasteiger partial charge on any atom is -0.336 e. The normalized spacial score (nSPS) is 14.3. The van der Waals surface area contributed by atoms with Crippen LogP contribution in [0.1, 0.15) is 5.56 Å². The van der Waals surface area contributed by atoms with E-state index >= 15 is 0 Å². The highest BCUT2D eigenvalue weighted by Crippen LogP contribution is 2.30. The van der Waals surface area contributed by atoms with Crippen molar-refractivity contribution in [2.75, 3.05) is 5.32 Å². The molecule has 0 fully saturated rings. The quantitative estimate of drug-likeness (QED) is 0.790. The zero-order valence-corrected chi connectivity index (χ0v) is 9.54. The van der Waals surface area contributed by atoms with E-state index in [1.807, 2.05) is 22.9 Å². The molecule has 1 amide bonds. The zero-order chi connectivity index (χ0) is 10.4. The molecule has 4 heteroatoms. The Morgan fingerprint density at radius 1 is 1.47 bits per heavy atom. The van der Waals surface area contributed by atoms with Crippen molar-refractivity contribution in [2.45, 2.75) is 11.9 Å². The van der Waals surface area contributed by atoms with Crippen molar-refractivity contribution >= 4 is 38.4 Å². The predicted molar refractivity (Wildman–Crippen MR) is 63.2 cm³/mol. The number of halogens is 1. The maximum atomic E-state index is 11.4. The third-order valence-electron chi connectivity index (χ3n) is 2.66. The summed E-state index contributed by atoms with van der Waals surface area (Å²) in [4.78, 5) is 11.4. The molecule has 0 saturated heterocycles. The Labute approximate surface area is 95.2 Å². The molecule has 3 rings (SSSR count). The molecule has 0 spiro atoms. The van der Waals surface area contributed by atoms with Gasteiger partial charge < -0.3 is 9.88 Å². The summed E-state index contributed by atoms with van der Waals surface area (Å²) in [5, 5.41) is 4.89. The fraction of sp³-hybridized carbons (Fsp3) is 0.182. The summed E-state index contributed by atoms with van der Waals surface area (Å²) < 4.78 is 1.99. The first-order valence-corrected chi connectivity index (χ1v) is 5.87. The molecule has 76 valence electrons. The number of anilines is 1. The Morgan fingerprint density at radius 2 is 2.33 bits per heavy atom. The number of benzene rings is 1. The van der Waals surface area contributed by atoms with Crippen molar-refractivity contribution < 1.29 is 4.79 Å².